The molecule has 0 aliphatic carbocycles. The predicted molar refractivity (Wildman–Crippen MR) is 94.0 cm³/mol. The second-order valence-electron chi connectivity index (χ2n) is 6.42. The molecule has 2 aromatic rings. The Labute approximate surface area is 143 Å². The zero-order valence-electron chi connectivity index (χ0n) is 14.7. The number of benzene rings is 1. The van der Waals surface area contributed by atoms with Crippen LogP contribution < -0.4 is 4.90 Å². The van der Waals surface area contributed by atoms with E-state index in [9.17, 15) is 4.79 Å². The van der Waals surface area contributed by atoms with Crippen LogP contribution in [-0.2, 0) is 4.79 Å². The number of aromatic nitrogens is 1. The van der Waals surface area contributed by atoms with Crippen molar-refractivity contribution in [2.24, 2.45) is 0 Å². The van der Waals surface area contributed by atoms with Crippen LogP contribution in [0.1, 0.15) is 42.8 Å². The van der Waals surface area contributed by atoms with Crippen molar-refractivity contribution in [2.75, 3.05) is 24.5 Å². The van der Waals surface area contributed by atoms with E-state index < -0.39 is 0 Å². The van der Waals surface area contributed by atoms with E-state index >= 15 is 0 Å². The van der Waals surface area contributed by atoms with Crippen LogP contribution in [0.5, 0.6) is 0 Å². The quantitative estimate of drug-likeness (QED) is 0.843. The van der Waals surface area contributed by atoms with Crippen LogP contribution in [0.25, 0.3) is 0 Å². The van der Waals surface area contributed by atoms with Crippen molar-refractivity contribution in [1.82, 2.24) is 10.1 Å². The molecule has 24 heavy (non-hydrogen) atoms. The number of likely N-dealkylation sites (tertiary alicyclic amines) is 1. The Bertz CT molecular complexity index is 710. The first-order chi connectivity index (χ1) is 11.6. The number of aryl methyl sites for hydroxylation is 2. The summed E-state index contributed by atoms with van der Waals surface area (Å²) >= 11 is 0. The topological polar surface area (TPSA) is 49.6 Å². The number of carbonyl (C=O) groups is 1. The number of anilines is 1. The lowest BCUT2D eigenvalue weighted by Crippen LogP contribution is -2.40. The van der Waals surface area contributed by atoms with Crippen LogP contribution in [-0.4, -0.2) is 35.6 Å². The van der Waals surface area contributed by atoms with Crippen molar-refractivity contribution in [3.05, 3.63) is 47.3 Å². The van der Waals surface area contributed by atoms with E-state index in [-0.39, 0.29) is 11.9 Å². The second kappa shape index (κ2) is 7.18. The number of hydrogen-bond acceptors (Lipinski definition) is 4. The molecular weight excluding hydrogens is 302 g/mol. The van der Waals surface area contributed by atoms with E-state index in [2.05, 4.69) is 10.1 Å². The maximum atomic E-state index is 12.9. The third-order valence-electron chi connectivity index (χ3n) is 4.70. The minimum atomic E-state index is 0.134. The molecule has 1 aliphatic heterocycles. The molecule has 1 amide bonds. The average Bonchev–Trinajstić information content (AvgIpc) is 3.18. The fraction of sp³-hybridized carbons (Fsp3) is 0.474. The standard InChI is InChI=1S/C19H25N3O2/c1-4-22(16-9-6-5-8-14(16)2)19(23)13-21-11-7-10-17(21)18-12-15(3)20-24-18/h5-6,8-9,12,17H,4,7,10-11,13H2,1-3H3/t17-/m0/s1. The van der Waals surface area contributed by atoms with Crippen molar-refractivity contribution in [1.29, 1.82) is 0 Å². The highest BCUT2D eigenvalue weighted by Gasteiger charge is 2.31. The summed E-state index contributed by atoms with van der Waals surface area (Å²) in [7, 11) is 0. The maximum absolute atomic E-state index is 12.9. The average molecular weight is 327 g/mol. The molecule has 0 radical (unpaired) electrons. The molecule has 1 aliphatic rings. The molecule has 1 atom stereocenters. The molecule has 0 unspecified atom stereocenters. The molecule has 5 nitrogen and oxygen atoms in total. The van der Waals surface area contributed by atoms with Gasteiger partial charge in [-0.05, 0) is 51.8 Å². The van der Waals surface area contributed by atoms with Crippen molar-refractivity contribution in [3.63, 3.8) is 0 Å². The van der Waals surface area contributed by atoms with E-state index in [1.54, 1.807) is 0 Å². The molecule has 3 rings (SSSR count). The minimum absolute atomic E-state index is 0.134. The highest BCUT2D eigenvalue weighted by atomic mass is 16.5. The zero-order chi connectivity index (χ0) is 17.1. The molecule has 0 bridgehead atoms. The number of carbonyl (C=O) groups excluding carboxylic acids is 1. The molecule has 1 aromatic carbocycles. The molecule has 2 heterocycles. The fourth-order valence-electron chi connectivity index (χ4n) is 3.48. The lowest BCUT2D eigenvalue weighted by molar-refractivity contribution is -0.120. The van der Waals surface area contributed by atoms with Crippen molar-refractivity contribution in [3.8, 4) is 0 Å². The first kappa shape index (κ1) is 16.7. The summed E-state index contributed by atoms with van der Waals surface area (Å²) in [5.74, 6) is 1.01. The van der Waals surface area contributed by atoms with Gasteiger partial charge in [-0.15, -0.1) is 0 Å². The van der Waals surface area contributed by atoms with Crippen LogP contribution in [0, 0.1) is 13.8 Å². The summed E-state index contributed by atoms with van der Waals surface area (Å²) in [4.78, 5) is 17.0. The number of para-hydroxylation sites is 1. The summed E-state index contributed by atoms with van der Waals surface area (Å²) in [5, 5.41) is 3.99. The molecule has 0 saturated carbocycles. The Balaban J connectivity index is 1.74. The van der Waals surface area contributed by atoms with Crippen LogP contribution in [0.3, 0.4) is 0 Å². The Morgan fingerprint density at radius 3 is 2.83 bits per heavy atom. The van der Waals surface area contributed by atoms with E-state index in [1.807, 2.05) is 56.0 Å². The van der Waals surface area contributed by atoms with Crippen LogP contribution >= 0.6 is 0 Å². The summed E-state index contributed by atoms with van der Waals surface area (Å²) in [6, 6.07) is 10.2. The van der Waals surface area contributed by atoms with Crippen molar-refractivity contribution < 1.29 is 9.32 Å². The highest BCUT2D eigenvalue weighted by Crippen LogP contribution is 2.32. The number of rotatable bonds is 5. The monoisotopic (exact) mass is 327 g/mol. The Hall–Kier alpha value is -2.14. The first-order valence-electron chi connectivity index (χ1n) is 8.63. The van der Waals surface area contributed by atoms with Crippen molar-refractivity contribution >= 4 is 11.6 Å². The largest absolute Gasteiger partial charge is 0.359 e. The Morgan fingerprint density at radius 1 is 1.38 bits per heavy atom. The predicted octanol–water partition coefficient (Wildman–Crippen LogP) is 3.48. The van der Waals surface area contributed by atoms with E-state index in [0.29, 0.717) is 13.1 Å². The number of amides is 1. The molecule has 128 valence electrons. The fourth-order valence-corrected chi connectivity index (χ4v) is 3.48. The van der Waals surface area contributed by atoms with Crippen molar-refractivity contribution in [2.45, 2.75) is 39.7 Å². The minimum Gasteiger partial charge on any atom is -0.359 e. The normalized spacial score (nSPS) is 18.0. The third kappa shape index (κ3) is 3.36. The van der Waals surface area contributed by atoms with Crippen LogP contribution in [0.15, 0.2) is 34.9 Å². The first-order valence-corrected chi connectivity index (χ1v) is 8.63. The lowest BCUT2D eigenvalue weighted by atomic mass is 10.1. The smallest absolute Gasteiger partial charge is 0.241 e. The van der Waals surface area contributed by atoms with E-state index in [4.69, 9.17) is 4.52 Å². The van der Waals surface area contributed by atoms with Gasteiger partial charge in [-0.2, -0.15) is 0 Å². The molecule has 0 N–H and O–H groups in total. The molecule has 1 saturated heterocycles. The zero-order valence-corrected chi connectivity index (χ0v) is 14.7. The summed E-state index contributed by atoms with van der Waals surface area (Å²) < 4.78 is 5.43. The molecule has 1 fully saturated rings. The summed E-state index contributed by atoms with van der Waals surface area (Å²) in [6.45, 7) is 7.99. The molecule has 5 heteroatoms. The van der Waals surface area contributed by atoms with Gasteiger partial charge in [0.25, 0.3) is 0 Å². The van der Waals surface area contributed by atoms with Crippen LogP contribution in [0.4, 0.5) is 5.69 Å². The number of likely N-dealkylation sites (N-methyl/N-ethyl adjacent to an activating group) is 1. The van der Waals surface area contributed by atoms with Gasteiger partial charge in [-0.1, -0.05) is 23.4 Å². The molecule has 0 spiro atoms. The number of hydrogen-bond donors (Lipinski definition) is 0. The second-order valence-corrected chi connectivity index (χ2v) is 6.42. The molecular formula is C19H25N3O2. The lowest BCUT2D eigenvalue weighted by Gasteiger charge is -2.27. The third-order valence-corrected chi connectivity index (χ3v) is 4.70. The maximum Gasteiger partial charge on any atom is 0.241 e. The number of nitrogens with zero attached hydrogens (tertiary/aromatic N) is 3. The van der Waals surface area contributed by atoms with Gasteiger partial charge in [-0.3, -0.25) is 9.69 Å². The van der Waals surface area contributed by atoms with Gasteiger partial charge in [-0.25, -0.2) is 0 Å². The Kier molecular flexibility index (Phi) is 5.00. The summed E-state index contributed by atoms with van der Waals surface area (Å²) in [5.41, 5.74) is 3.01. The molecule has 1 aromatic heterocycles. The summed E-state index contributed by atoms with van der Waals surface area (Å²) in [6.07, 6.45) is 2.09. The van der Waals surface area contributed by atoms with E-state index in [1.165, 1.54) is 0 Å². The van der Waals surface area contributed by atoms with Gasteiger partial charge < -0.3 is 9.42 Å². The van der Waals surface area contributed by atoms with Crippen LogP contribution in [0.2, 0.25) is 0 Å². The highest BCUT2D eigenvalue weighted by molar-refractivity contribution is 5.95. The Morgan fingerprint density at radius 2 is 2.17 bits per heavy atom. The van der Waals surface area contributed by atoms with Gasteiger partial charge in [0.15, 0.2) is 5.76 Å². The van der Waals surface area contributed by atoms with Gasteiger partial charge in [0.1, 0.15) is 0 Å². The van der Waals surface area contributed by atoms with Gasteiger partial charge in [0, 0.05) is 18.3 Å². The van der Waals surface area contributed by atoms with E-state index in [0.717, 1.165) is 42.1 Å². The van der Waals surface area contributed by atoms with Gasteiger partial charge in [0.05, 0.1) is 18.3 Å². The SMILES string of the molecule is CCN(C(=O)CN1CCC[C@H]1c1cc(C)no1)c1ccccc1C. The van der Waals surface area contributed by atoms with Gasteiger partial charge >= 0.3 is 0 Å². The van der Waals surface area contributed by atoms with Gasteiger partial charge in [0.2, 0.25) is 5.91 Å².